The third-order valence-electron chi connectivity index (χ3n) is 2.38. The molecule has 0 aliphatic rings. The molecular weight excluding hydrogens is 292 g/mol. The van der Waals surface area contributed by atoms with E-state index in [0.29, 0.717) is 72.6 Å². The first kappa shape index (κ1) is 21.1. The summed E-state index contributed by atoms with van der Waals surface area (Å²) < 4.78 is 26.5. The fourth-order valence-electron chi connectivity index (χ4n) is 1.31. The van der Waals surface area contributed by atoms with Crippen molar-refractivity contribution in [3.05, 3.63) is 10.4 Å². The molecule has 0 amide bonds. The van der Waals surface area contributed by atoms with Gasteiger partial charge >= 0.3 is 0 Å². The van der Waals surface area contributed by atoms with Crippen LogP contribution in [0.4, 0.5) is 0 Å². The Labute approximate surface area is 131 Å². The predicted octanol–water partition coefficient (Wildman–Crippen LogP) is 0.599. The van der Waals surface area contributed by atoms with E-state index in [2.05, 4.69) is 15.3 Å². The van der Waals surface area contributed by atoms with E-state index in [0.717, 1.165) is 6.54 Å². The average molecular weight is 320 g/mol. The highest BCUT2D eigenvalue weighted by Crippen LogP contribution is 1.84. The first-order valence-corrected chi connectivity index (χ1v) is 7.46. The molecule has 0 fully saturated rings. The number of hydrogen-bond acceptors (Lipinski definition) is 7. The van der Waals surface area contributed by atoms with E-state index in [9.17, 15) is 0 Å². The van der Waals surface area contributed by atoms with Crippen molar-refractivity contribution in [3.8, 4) is 0 Å². The molecule has 0 unspecified atom stereocenters. The molecular formula is C13H28N4O5. The third kappa shape index (κ3) is 19.1. The predicted molar refractivity (Wildman–Crippen MR) is 82.0 cm³/mol. The zero-order valence-electron chi connectivity index (χ0n) is 13.4. The van der Waals surface area contributed by atoms with Crippen molar-refractivity contribution >= 4 is 0 Å². The van der Waals surface area contributed by atoms with Gasteiger partial charge in [0.15, 0.2) is 0 Å². The van der Waals surface area contributed by atoms with Crippen molar-refractivity contribution in [3.63, 3.8) is 0 Å². The molecule has 0 aromatic rings. The van der Waals surface area contributed by atoms with Gasteiger partial charge in [-0.2, -0.15) is 0 Å². The number of nitrogens with one attached hydrogen (secondary N) is 1. The van der Waals surface area contributed by atoms with Crippen LogP contribution >= 0.6 is 0 Å². The Hall–Kier alpha value is -0.930. The van der Waals surface area contributed by atoms with Crippen LogP contribution in [0.25, 0.3) is 10.4 Å². The van der Waals surface area contributed by atoms with Crippen molar-refractivity contribution in [2.45, 2.75) is 0 Å². The summed E-state index contributed by atoms with van der Waals surface area (Å²) in [5, 5.41) is 6.35. The lowest BCUT2D eigenvalue weighted by molar-refractivity contribution is -0.0102. The van der Waals surface area contributed by atoms with Crippen molar-refractivity contribution in [2.24, 2.45) is 5.11 Å². The van der Waals surface area contributed by atoms with Crippen molar-refractivity contribution in [1.82, 2.24) is 5.32 Å². The number of azide groups is 1. The smallest absolute Gasteiger partial charge is 0.0701 e. The second kappa shape index (κ2) is 20.1. The second-order valence-electron chi connectivity index (χ2n) is 4.12. The van der Waals surface area contributed by atoms with Gasteiger partial charge in [-0.3, -0.25) is 0 Å². The van der Waals surface area contributed by atoms with Gasteiger partial charge in [0, 0.05) is 18.0 Å². The summed E-state index contributed by atoms with van der Waals surface area (Å²) in [6, 6.07) is 0. The van der Waals surface area contributed by atoms with Crippen molar-refractivity contribution in [2.75, 3.05) is 86.2 Å². The fraction of sp³-hybridized carbons (Fsp3) is 1.00. The van der Waals surface area contributed by atoms with E-state index in [-0.39, 0.29) is 0 Å². The lowest BCUT2D eigenvalue weighted by Crippen LogP contribution is -2.17. The van der Waals surface area contributed by atoms with E-state index >= 15 is 0 Å². The first-order chi connectivity index (χ1) is 10.9. The van der Waals surface area contributed by atoms with Crippen LogP contribution in [0.3, 0.4) is 0 Å². The van der Waals surface area contributed by atoms with Gasteiger partial charge in [0.1, 0.15) is 0 Å². The molecule has 0 bridgehead atoms. The summed E-state index contributed by atoms with van der Waals surface area (Å²) >= 11 is 0. The van der Waals surface area contributed by atoms with E-state index in [1.165, 1.54) is 0 Å². The number of rotatable bonds is 18. The van der Waals surface area contributed by atoms with Crippen LogP contribution in [0.2, 0.25) is 0 Å². The summed E-state index contributed by atoms with van der Waals surface area (Å²) in [4.78, 5) is 2.62. The van der Waals surface area contributed by atoms with Gasteiger partial charge in [0.05, 0.1) is 66.1 Å². The van der Waals surface area contributed by atoms with Gasteiger partial charge < -0.3 is 29.0 Å². The number of ether oxygens (including phenoxy) is 5. The Morgan fingerprint density at radius 1 is 0.727 bits per heavy atom. The largest absolute Gasteiger partial charge is 0.379 e. The van der Waals surface area contributed by atoms with Crippen LogP contribution in [0.15, 0.2) is 5.11 Å². The summed E-state index contributed by atoms with van der Waals surface area (Å²) in [5.74, 6) is 0. The molecule has 0 aromatic carbocycles. The van der Waals surface area contributed by atoms with Gasteiger partial charge in [-0.1, -0.05) is 5.11 Å². The molecule has 0 radical (unpaired) electrons. The lowest BCUT2D eigenvalue weighted by Gasteiger charge is -2.07. The minimum absolute atomic E-state index is 0.347. The summed E-state index contributed by atoms with van der Waals surface area (Å²) in [5.41, 5.74) is 8.05. The SMILES string of the molecule is CNCCOCCOCCOCCOCCOCCN=[N+]=[N-]. The van der Waals surface area contributed by atoms with E-state index in [1.807, 2.05) is 7.05 Å². The van der Waals surface area contributed by atoms with Crippen LogP contribution < -0.4 is 5.32 Å². The van der Waals surface area contributed by atoms with Crippen molar-refractivity contribution in [1.29, 1.82) is 0 Å². The molecule has 0 heterocycles. The lowest BCUT2D eigenvalue weighted by atomic mass is 10.6. The Morgan fingerprint density at radius 3 is 1.55 bits per heavy atom. The molecule has 0 rings (SSSR count). The number of nitrogens with zero attached hydrogens (tertiary/aromatic N) is 3. The highest BCUT2D eigenvalue weighted by molar-refractivity contribution is 4.44. The summed E-state index contributed by atoms with van der Waals surface area (Å²) in [7, 11) is 1.89. The maximum absolute atomic E-state index is 8.05. The van der Waals surface area contributed by atoms with Crippen LogP contribution in [-0.2, 0) is 23.7 Å². The van der Waals surface area contributed by atoms with Gasteiger partial charge in [-0.25, -0.2) is 0 Å². The van der Waals surface area contributed by atoms with Gasteiger partial charge in [0.2, 0.25) is 0 Å². The highest BCUT2D eigenvalue weighted by atomic mass is 16.6. The first-order valence-electron chi connectivity index (χ1n) is 7.46. The standard InChI is InChI=1S/C13H28N4O5/c1-15-2-4-18-6-8-20-10-12-22-13-11-21-9-7-19-5-3-16-17-14/h15H,2-13H2,1H3. The normalized spacial score (nSPS) is 10.6. The summed E-state index contributed by atoms with van der Waals surface area (Å²) in [6.45, 7) is 6.62. The Kier molecular flexibility index (Phi) is 19.2. The molecule has 1 N–H and O–H groups in total. The van der Waals surface area contributed by atoms with Crippen molar-refractivity contribution < 1.29 is 23.7 Å². The molecule has 9 nitrogen and oxygen atoms in total. The molecule has 0 spiro atoms. The minimum atomic E-state index is 0.347. The fourth-order valence-corrected chi connectivity index (χ4v) is 1.31. The quantitative estimate of drug-likeness (QED) is 0.171. The van der Waals surface area contributed by atoms with E-state index in [4.69, 9.17) is 29.2 Å². The number of hydrogen-bond donors (Lipinski definition) is 1. The maximum atomic E-state index is 8.05. The maximum Gasteiger partial charge on any atom is 0.0701 e. The zero-order chi connectivity index (χ0) is 16.1. The Balaban J connectivity index is 2.95. The third-order valence-corrected chi connectivity index (χ3v) is 2.38. The Morgan fingerprint density at radius 2 is 1.14 bits per heavy atom. The Bertz CT molecular complexity index is 265. The second-order valence-corrected chi connectivity index (χ2v) is 4.12. The van der Waals surface area contributed by atoms with E-state index in [1.54, 1.807) is 0 Å². The molecule has 130 valence electrons. The number of likely N-dealkylation sites (N-methyl/N-ethyl adjacent to an activating group) is 1. The molecule has 0 aromatic heterocycles. The topological polar surface area (TPSA) is 107 Å². The van der Waals surface area contributed by atoms with Gasteiger partial charge in [-0.15, -0.1) is 0 Å². The molecule has 9 heteroatoms. The monoisotopic (exact) mass is 320 g/mol. The van der Waals surface area contributed by atoms with Crippen LogP contribution in [0, 0.1) is 0 Å². The van der Waals surface area contributed by atoms with Crippen LogP contribution in [-0.4, -0.2) is 86.2 Å². The minimum Gasteiger partial charge on any atom is -0.379 e. The molecule has 0 saturated heterocycles. The molecule has 22 heavy (non-hydrogen) atoms. The molecule has 0 aliphatic carbocycles. The molecule has 0 atom stereocenters. The summed E-state index contributed by atoms with van der Waals surface area (Å²) in [6.07, 6.45) is 0. The van der Waals surface area contributed by atoms with Crippen LogP contribution in [0.5, 0.6) is 0 Å². The molecule has 0 saturated carbocycles. The van der Waals surface area contributed by atoms with Crippen LogP contribution in [0.1, 0.15) is 0 Å². The highest BCUT2D eigenvalue weighted by Gasteiger charge is 1.93. The molecule has 0 aliphatic heterocycles. The van der Waals surface area contributed by atoms with E-state index < -0.39 is 0 Å². The average Bonchev–Trinajstić information content (AvgIpc) is 2.54. The van der Waals surface area contributed by atoms with Gasteiger partial charge in [0.25, 0.3) is 0 Å². The zero-order valence-corrected chi connectivity index (χ0v) is 13.4. The van der Waals surface area contributed by atoms with Gasteiger partial charge in [-0.05, 0) is 12.6 Å².